The lowest BCUT2D eigenvalue weighted by Gasteiger charge is -2.45. The number of nitrogens with zero attached hydrogens (tertiary/aromatic N) is 1. The summed E-state index contributed by atoms with van der Waals surface area (Å²) in [6, 6.07) is 1.39. The van der Waals surface area contributed by atoms with Crippen LogP contribution in [0.2, 0.25) is 0 Å². The minimum Gasteiger partial charge on any atom is -0.317 e. The van der Waals surface area contributed by atoms with E-state index >= 15 is 0 Å². The van der Waals surface area contributed by atoms with Crippen molar-refractivity contribution in [1.82, 2.24) is 10.2 Å². The molecule has 0 aromatic carbocycles. The molecule has 3 unspecified atom stereocenters. The molecule has 0 aromatic rings. The standard InChI is InChI=1S/C13H28N2S/c1-10-11(2)15(8-7-12(10)14-5)9-13(3,4)16-6/h10-12,14H,7-9H2,1-6H3. The average Bonchev–Trinajstić information content (AvgIpc) is 2.25. The highest BCUT2D eigenvalue weighted by molar-refractivity contribution is 7.99. The van der Waals surface area contributed by atoms with Gasteiger partial charge in [-0.25, -0.2) is 0 Å². The Bertz CT molecular complexity index is 218. The van der Waals surface area contributed by atoms with Gasteiger partial charge in [0.2, 0.25) is 0 Å². The van der Waals surface area contributed by atoms with Crippen LogP contribution in [0.25, 0.3) is 0 Å². The molecular formula is C13H28N2S. The van der Waals surface area contributed by atoms with Crippen molar-refractivity contribution >= 4 is 11.8 Å². The van der Waals surface area contributed by atoms with Crippen LogP contribution >= 0.6 is 11.8 Å². The average molecular weight is 244 g/mol. The highest BCUT2D eigenvalue weighted by atomic mass is 32.2. The summed E-state index contributed by atoms with van der Waals surface area (Å²) in [5, 5.41) is 3.45. The Morgan fingerprint density at radius 3 is 2.50 bits per heavy atom. The first kappa shape index (κ1) is 14.3. The second kappa shape index (κ2) is 5.74. The summed E-state index contributed by atoms with van der Waals surface area (Å²) in [5.41, 5.74) is 0. The summed E-state index contributed by atoms with van der Waals surface area (Å²) < 4.78 is 0.375. The molecule has 1 heterocycles. The predicted molar refractivity (Wildman–Crippen MR) is 75.3 cm³/mol. The largest absolute Gasteiger partial charge is 0.317 e. The fourth-order valence-electron chi connectivity index (χ4n) is 2.62. The summed E-state index contributed by atoms with van der Waals surface area (Å²) in [6.07, 6.45) is 3.50. The molecule has 2 nitrogen and oxygen atoms in total. The molecule has 1 fully saturated rings. The zero-order valence-electron chi connectivity index (χ0n) is 11.7. The van der Waals surface area contributed by atoms with Crippen LogP contribution in [0.3, 0.4) is 0 Å². The molecule has 96 valence electrons. The molecule has 16 heavy (non-hydrogen) atoms. The van der Waals surface area contributed by atoms with Crippen molar-refractivity contribution < 1.29 is 0 Å². The Balaban J connectivity index is 2.58. The smallest absolute Gasteiger partial charge is 0.0228 e. The predicted octanol–water partition coefficient (Wildman–Crippen LogP) is 2.45. The van der Waals surface area contributed by atoms with Crippen LogP contribution in [0.15, 0.2) is 0 Å². The first-order chi connectivity index (χ1) is 7.41. The normalized spacial score (nSPS) is 33.0. The van der Waals surface area contributed by atoms with Gasteiger partial charge in [0.1, 0.15) is 0 Å². The third kappa shape index (κ3) is 3.38. The third-order valence-corrected chi connectivity index (χ3v) is 5.44. The SMILES string of the molecule is CNC1CCN(CC(C)(C)SC)C(C)C1C. The van der Waals surface area contributed by atoms with Crippen molar-refractivity contribution in [2.45, 2.75) is 50.9 Å². The second-order valence-corrected chi connectivity index (χ2v) is 7.23. The highest BCUT2D eigenvalue weighted by Gasteiger charge is 2.33. The van der Waals surface area contributed by atoms with Crippen molar-refractivity contribution in [3.63, 3.8) is 0 Å². The molecule has 0 spiro atoms. The maximum Gasteiger partial charge on any atom is 0.0228 e. The molecule has 1 N–H and O–H groups in total. The number of hydrogen-bond donors (Lipinski definition) is 1. The Kier molecular flexibility index (Phi) is 5.14. The molecule has 0 bridgehead atoms. The van der Waals surface area contributed by atoms with Gasteiger partial charge in [0.15, 0.2) is 0 Å². The minimum atomic E-state index is 0.375. The van der Waals surface area contributed by atoms with Crippen molar-refractivity contribution in [2.24, 2.45) is 5.92 Å². The minimum absolute atomic E-state index is 0.375. The first-order valence-corrected chi connectivity index (χ1v) is 7.60. The van der Waals surface area contributed by atoms with Gasteiger partial charge >= 0.3 is 0 Å². The summed E-state index contributed by atoms with van der Waals surface area (Å²) >= 11 is 1.97. The van der Waals surface area contributed by atoms with E-state index in [9.17, 15) is 0 Å². The van der Waals surface area contributed by atoms with Gasteiger partial charge in [-0.15, -0.1) is 0 Å². The Labute approximate surface area is 106 Å². The molecule has 3 heteroatoms. The number of piperidine rings is 1. The van der Waals surface area contributed by atoms with E-state index < -0.39 is 0 Å². The van der Waals surface area contributed by atoms with Gasteiger partial charge in [0, 0.05) is 23.4 Å². The van der Waals surface area contributed by atoms with Crippen LogP contribution < -0.4 is 5.32 Å². The van der Waals surface area contributed by atoms with E-state index in [0.717, 1.165) is 5.92 Å². The van der Waals surface area contributed by atoms with E-state index in [0.29, 0.717) is 16.8 Å². The Hall–Kier alpha value is 0.270. The molecule has 1 aliphatic rings. The lowest BCUT2D eigenvalue weighted by molar-refractivity contribution is 0.0815. The highest BCUT2D eigenvalue weighted by Crippen LogP contribution is 2.29. The van der Waals surface area contributed by atoms with Crippen LogP contribution in [0, 0.1) is 5.92 Å². The van der Waals surface area contributed by atoms with E-state index in [-0.39, 0.29) is 0 Å². The Morgan fingerprint density at radius 1 is 1.38 bits per heavy atom. The fraction of sp³-hybridized carbons (Fsp3) is 1.00. The van der Waals surface area contributed by atoms with Crippen LogP contribution in [-0.4, -0.2) is 48.1 Å². The molecule has 0 radical (unpaired) electrons. The van der Waals surface area contributed by atoms with Crippen LogP contribution in [0.5, 0.6) is 0 Å². The number of hydrogen-bond acceptors (Lipinski definition) is 3. The number of nitrogens with one attached hydrogen (secondary N) is 1. The van der Waals surface area contributed by atoms with Crippen molar-refractivity contribution in [3.05, 3.63) is 0 Å². The zero-order chi connectivity index (χ0) is 12.3. The Morgan fingerprint density at radius 2 is 2.00 bits per heavy atom. The van der Waals surface area contributed by atoms with Crippen molar-refractivity contribution in [2.75, 3.05) is 26.4 Å². The van der Waals surface area contributed by atoms with Crippen molar-refractivity contribution in [1.29, 1.82) is 0 Å². The van der Waals surface area contributed by atoms with Gasteiger partial charge < -0.3 is 5.32 Å². The maximum absolute atomic E-state index is 3.45. The van der Waals surface area contributed by atoms with E-state index in [1.54, 1.807) is 0 Å². The van der Waals surface area contributed by atoms with Gasteiger partial charge in [0.05, 0.1) is 0 Å². The molecule has 0 saturated carbocycles. The van der Waals surface area contributed by atoms with Crippen molar-refractivity contribution in [3.8, 4) is 0 Å². The molecule has 0 aromatic heterocycles. The molecule has 1 saturated heterocycles. The number of rotatable bonds is 4. The molecule has 1 aliphatic heterocycles. The quantitative estimate of drug-likeness (QED) is 0.818. The van der Waals surface area contributed by atoms with Gasteiger partial charge in [0.25, 0.3) is 0 Å². The van der Waals surface area contributed by atoms with Crippen LogP contribution in [0.1, 0.15) is 34.1 Å². The van der Waals surface area contributed by atoms with E-state index in [1.165, 1.54) is 19.5 Å². The van der Waals surface area contributed by atoms with Gasteiger partial charge in [-0.2, -0.15) is 11.8 Å². The maximum atomic E-state index is 3.45. The molecule has 0 amide bonds. The van der Waals surface area contributed by atoms with Gasteiger partial charge in [-0.3, -0.25) is 4.90 Å². The summed E-state index contributed by atoms with van der Waals surface area (Å²) in [4.78, 5) is 2.66. The van der Waals surface area contributed by atoms with E-state index in [4.69, 9.17) is 0 Å². The van der Waals surface area contributed by atoms with Gasteiger partial charge in [-0.1, -0.05) is 6.92 Å². The third-order valence-electron chi connectivity index (χ3n) is 4.21. The lowest BCUT2D eigenvalue weighted by atomic mass is 9.86. The number of thioether (sulfide) groups is 1. The topological polar surface area (TPSA) is 15.3 Å². The molecule has 3 atom stereocenters. The summed E-state index contributed by atoms with van der Waals surface area (Å²) in [7, 11) is 2.09. The van der Waals surface area contributed by atoms with Gasteiger partial charge in [-0.05, 0) is 53.0 Å². The molecule has 1 rings (SSSR count). The molecular weight excluding hydrogens is 216 g/mol. The second-order valence-electron chi connectivity index (χ2n) is 5.72. The van der Waals surface area contributed by atoms with E-state index in [2.05, 4.69) is 51.2 Å². The fourth-order valence-corrected chi connectivity index (χ4v) is 2.92. The number of likely N-dealkylation sites (tertiary alicyclic amines) is 1. The lowest BCUT2D eigenvalue weighted by Crippen LogP contribution is -2.55. The molecule has 0 aliphatic carbocycles. The first-order valence-electron chi connectivity index (χ1n) is 6.37. The summed E-state index contributed by atoms with van der Waals surface area (Å²) in [6.45, 7) is 11.9. The van der Waals surface area contributed by atoms with E-state index in [1.807, 2.05) is 11.8 Å². The zero-order valence-corrected chi connectivity index (χ0v) is 12.5. The monoisotopic (exact) mass is 244 g/mol. The summed E-state index contributed by atoms with van der Waals surface area (Å²) in [5.74, 6) is 0.747. The van der Waals surface area contributed by atoms with Crippen LogP contribution in [-0.2, 0) is 0 Å². The van der Waals surface area contributed by atoms with Crippen LogP contribution in [0.4, 0.5) is 0 Å².